The lowest BCUT2D eigenvalue weighted by Crippen LogP contribution is -1.84. The van der Waals surface area contributed by atoms with E-state index in [9.17, 15) is 19.0 Å². The van der Waals surface area contributed by atoms with Gasteiger partial charge in [-0.3, -0.25) is 0 Å². The molecule has 0 amide bonds. The normalized spacial score (nSPS) is 11.1. The number of aromatic hydroxyl groups is 2. The molecule has 0 saturated carbocycles. The van der Waals surface area contributed by atoms with Crippen LogP contribution in [0.5, 0.6) is 11.5 Å². The molecule has 0 fully saturated rings. The fraction of sp³-hybridized carbons (Fsp3) is 0. The van der Waals surface area contributed by atoms with Gasteiger partial charge < -0.3 is 15.2 Å². The monoisotopic (exact) mass is 262 g/mol. The Morgan fingerprint density at radius 1 is 1.05 bits per heavy atom. The van der Waals surface area contributed by atoms with Crippen molar-refractivity contribution in [3.05, 3.63) is 42.0 Å². The Kier molecular flexibility index (Phi) is 2.38. The highest BCUT2D eigenvalue weighted by Crippen LogP contribution is 2.32. The maximum Gasteiger partial charge on any atom is 0.186 e. The maximum absolute atomic E-state index is 13.5. The van der Waals surface area contributed by atoms with Gasteiger partial charge in [-0.2, -0.15) is 0 Å². The zero-order valence-corrected chi connectivity index (χ0v) is 9.48. The first-order chi connectivity index (χ1) is 9.06. The number of phenolic OH excluding ortho intramolecular Hbond substituents is 2. The Labute approximate surface area is 106 Å². The van der Waals surface area contributed by atoms with E-state index >= 15 is 0 Å². The summed E-state index contributed by atoms with van der Waals surface area (Å²) >= 11 is 0. The summed E-state index contributed by atoms with van der Waals surface area (Å²) in [4.78, 5) is 6.66. The van der Waals surface area contributed by atoms with Gasteiger partial charge in [0.05, 0.1) is 11.1 Å². The number of fused-ring (bicyclic) bond motifs is 1. The molecule has 0 bridgehead atoms. The molecule has 0 aliphatic rings. The number of hydrogen-bond donors (Lipinski definition) is 3. The molecule has 0 radical (unpaired) electrons. The Bertz CT molecular complexity index is 784. The highest BCUT2D eigenvalue weighted by molar-refractivity contribution is 5.81. The van der Waals surface area contributed by atoms with E-state index in [0.717, 1.165) is 6.07 Å². The summed E-state index contributed by atoms with van der Waals surface area (Å²) in [5.41, 5.74) is 0.352. The molecule has 6 heteroatoms. The van der Waals surface area contributed by atoms with Gasteiger partial charge in [-0.1, -0.05) is 0 Å². The maximum atomic E-state index is 13.5. The van der Waals surface area contributed by atoms with Gasteiger partial charge in [0.25, 0.3) is 0 Å². The highest BCUT2D eigenvalue weighted by Gasteiger charge is 2.15. The molecule has 1 heterocycles. The summed E-state index contributed by atoms with van der Waals surface area (Å²) in [5.74, 6) is -2.10. The summed E-state index contributed by atoms with van der Waals surface area (Å²) in [5, 5.41) is 19.1. The van der Waals surface area contributed by atoms with Crippen LogP contribution in [0.15, 0.2) is 30.3 Å². The summed E-state index contributed by atoms with van der Waals surface area (Å²) in [6.07, 6.45) is 0. The topological polar surface area (TPSA) is 69.1 Å². The number of H-pyrrole nitrogens is 1. The fourth-order valence-electron chi connectivity index (χ4n) is 1.86. The third kappa shape index (κ3) is 1.77. The second-order valence-electron chi connectivity index (χ2n) is 4.04. The molecule has 0 atom stereocenters. The lowest BCUT2D eigenvalue weighted by molar-refractivity contribution is 0.461. The van der Waals surface area contributed by atoms with E-state index in [-0.39, 0.29) is 28.4 Å². The van der Waals surface area contributed by atoms with E-state index in [1.54, 1.807) is 0 Å². The van der Waals surface area contributed by atoms with Crippen LogP contribution in [0.25, 0.3) is 22.4 Å². The Morgan fingerprint density at radius 2 is 1.84 bits per heavy atom. The van der Waals surface area contributed by atoms with E-state index in [4.69, 9.17) is 0 Å². The van der Waals surface area contributed by atoms with Crippen LogP contribution in [0, 0.1) is 11.6 Å². The first-order valence-electron chi connectivity index (χ1n) is 5.42. The minimum absolute atomic E-state index is 0.0695. The Balaban J connectivity index is 2.26. The fourth-order valence-corrected chi connectivity index (χ4v) is 1.86. The van der Waals surface area contributed by atoms with E-state index in [2.05, 4.69) is 9.97 Å². The number of nitrogens with one attached hydrogen (secondary N) is 1. The number of aromatic nitrogens is 2. The summed E-state index contributed by atoms with van der Waals surface area (Å²) in [6.45, 7) is 0. The highest BCUT2D eigenvalue weighted by atomic mass is 19.2. The van der Waals surface area contributed by atoms with E-state index in [0.29, 0.717) is 5.52 Å². The van der Waals surface area contributed by atoms with Gasteiger partial charge in [-0.15, -0.1) is 0 Å². The standard InChI is InChI=1S/C13H8F2N2O2/c14-8-2-3-9-12(11(8)15)17-13(16-9)7-5-6(18)1-4-10(7)19/h1-5,18-19H,(H,16,17). The summed E-state index contributed by atoms with van der Waals surface area (Å²) in [7, 11) is 0. The van der Waals surface area contributed by atoms with Crippen molar-refractivity contribution in [1.29, 1.82) is 0 Å². The molecule has 0 aliphatic carbocycles. The quantitative estimate of drug-likeness (QED) is 0.590. The molecular formula is C13H8F2N2O2. The van der Waals surface area contributed by atoms with Crippen LogP contribution in [-0.4, -0.2) is 20.2 Å². The van der Waals surface area contributed by atoms with Crippen molar-refractivity contribution in [3.8, 4) is 22.9 Å². The minimum atomic E-state index is -1.06. The van der Waals surface area contributed by atoms with Crippen LogP contribution >= 0.6 is 0 Å². The first kappa shape index (κ1) is 11.5. The Hall–Kier alpha value is -2.63. The molecule has 0 aliphatic heterocycles. The number of hydrogen-bond acceptors (Lipinski definition) is 3. The second kappa shape index (κ2) is 3.94. The molecule has 4 nitrogen and oxygen atoms in total. The number of phenols is 2. The van der Waals surface area contributed by atoms with Crippen molar-refractivity contribution in [3.63, 3.8) is 0 Å². The van der Waals surface area contributed by atoms with Crippen molar-refractivity contribution in [2.75, 3.05) is 0 Å². The first-order valence-corrected chi connectivity index (χ1v) is 5.42. The lowest BCUT2D eigenvalue weighted by Gasteiger charge is -2.01. The van der Waals surface area contributed by atoms with Crippen LogP contribution in [0.2, 0.25) is 0 Å². The summed E-state index contributed by atoms with van der Waals surface area (Å²) in [6, 6.07) is 6.21. The molecule has 2 aromatic carbocycles. The van der Waals surface area contributed by atoms with Gasteiger partial charge in [0, 0.05) is 0 Å². The van der Waals surface area contributed by atoms with Gasteiger partial charge in [-0.25, -0.2) is 13.8 Å². The van der Waals surface area contributed by atoms with Gasteiger partial charge in [0.2, 0.25) is 0 Å². The SMILES string of the molecule is Oc1ccc(O)c(-c2nc3c(F)c(F)ccc3[nH]2)c1. The average Bonchev–Trinajstić information content (AvgIpc) is 2.81. The van der Waals surface area contributed by atoms with E-state index in [1.807, 2.05) is 0 Å². The van der Waals surface area contributed by atoms with Gasteiger partial charge in [0.15, 0.2) is 11.6 Å². The number of halogens is 2. The van der Waals surface area contributed by atoms with Crippen LogP contribution in [0.4, 0.5) is 8.78 Å². The van der Waals surface area contributed by atoms with Crippen LogP contribution < -0.4 is 0 Å². The molecule has 0 saturated heterocycles. The number of nitrogens with zero attached hydrogens (tertiary/aromatic N) is 1. The molecule has 19 heavy (non-hydrogen) atoms. The largest absolute Gasteiger partial charge is 0.508 e. The Morgan fingerprint density at radius 3 is 2.63 bits per heavy atom. The number of aromatic amines is 1. The molecule has 3 aromatic rings. The molecule has 1 aromatic heterocycles. The smallest absolute Gasteiger partial charge is 0.186 e. The second-order valence-corrected chi connectivity index (χ2v) is 4.04. The molecular weight excluding hydrogens is 254 g/mol. The zero-order chi connectivity index (χ0) is 13.6. The predicted molar refractivity (Wildman–Crippen MR) is 64.8 cm³/mol. The third-order valence-corrected chi connectivity index (χ3v) is 2.78. The number of benzene rings is 2. The third-order valence-electron chi connectivity index (χ3n) is 2.78. The van der Waals surface area contributed by atoms with Crippen molar-refractivity contribution >= 4 is 11.0 Å². The molecule has 96 valence electrons. The van der Waals surface area contributed by atoms with Crippen molar-refractivity contribution < 1.29 is 19.0 Å². The molecule has 3 N–H and O–H groups in total. The lowest BCUT2D eigenvalue weighted by atomic mass is 10.2. The summed E-state index contributed by atoms with van der Waals surface area (Å²) < 4.78 is 26.6. The van der Waals surface area contributed by atoms with Gasteiger partial charge in [0.1, 0.15) is 22.8 Å². The van der Waals surface area contributed by atoms with Gasteiger partial charge in [-0.05, 0) is 30.3 Å². The molecule has 0 unspecified atom stereocenters. The van der Waals surface area contributed by atoms with Crippen LogP contribution in [-0.2, 0) is 0 Å². The van der Waals surface area contributed by atoms with Crippen LogP contribution in [0.1, 0.15) is 0 Å². The molecule has 0 spiro atoms. The number of imidazole rings is 1. The van der Waals surface area contributed by atoms with E-state index in [1.165, 1.54) is 24.3 Å². The van der Waals surface area contributed by atoms with Crippen LogP contribution in [0.3, 0.4) is 0 Å². The zero-order valence-electron chi connectivity index (χ0n) is 9.48. The van der Waals surface area contributed by atoms with Crippen molar-refractivity contribution in [1.82, 2.24) is 9.97 Å². The minimum Gasteiger partial charge on any atom is -0.508 e. The molecule has 3 rings (SSSR count). The van der Waals surface area contributed by atoms with Crippen molar-refractivity contribution in [2.24, 2.45) is 0 Å². The van der Waals surface area contributed by atoms with E-state index < -0.39 is 11.6 Å². The average molecular weight is 262 g/mol. The van der Waals surface area contributed by atoms with Crippen molar-refractivity contribution in [2.45, 2.75) is 0 Å². The van der Waals surface area contributed by atoms with Gasteiger partial charge >= 0.3 is 0 Å². The predicted octanol–water partition coefficient (Wildman–Crippen LogP) is 2.92. The number of rotatable bonds is 1.